The molecule has 0 aliphatic rings. The van der Waals surface area contributed by atoms with E-state index in [1.165, 1.54) is 89.9 Å². The lowest BCUT2D eigenvalue weighted by atomic mass is 10.0. The number of aliphatic imine (C=N–C) groups is 1. The molecule has 0 saturated carbocycles. The minimum Gasteiger partial charge on any atom is -0.211 e. The van der Waals surface area contributed by atoms with Gasteiger partial charge >= 0.3 is 0 Å². The van der Waals surface area contributed by atoms with Gasteiger partial charge in [-0.3, -0.25) is 0 Å². The van der Waals surface area contributed by atoms with E-state index in [4.69, 9.17) is 0 Å². The first-order valence-corrected chi connectivity index (χ1v) is 9.92. The smallest absolute Gasteiger partial charge is 0.211 e. The van der Waals surface area contributed by atoms with Crippen LogP contribution in [0.3, 0.4) is 0 Å². The Balaban J connectivity index is 3.51. The molecule has 0 fully saturated rings. The van der Waals surface area contributed by atoms with Gasteiger partial charge in [-0.2, -0.15) is 0 Å². The van der Waals surface area contributed by atoms with Crippen molar-refractivity contribution in [3.63, 3.8) is 0 Å². The SMILES string of the molecule is CCCCCCCCCC(CCCCCCCCC)N=C=O. The Kier molecular flexibility index (Phi) is 17.9. The summed E-state index contributed by atoms with van der Waals surface area (Å²) in [5.74, 6) is 0. The summed E-state index contributed by atoms with van der Waals surface area (Å²) < 4.78 is 0. The van der Waals surface area contributed by atoms with Gasteiger partial charge in [-0.1, -0.05) is 104 Å². The summed E-state index contributed by atoms with van der Waals surface area (Å²) in [5.41, 5.74) is 0. The molecule has 0 spiro atoms. The molecule has 0 aromatic heterocycles. The van der Waals surface area contributed by atoms with Gasteiger partial charge in [-0.05, 0) is 12.8 Å². The van der Waals surface area contributed by atoms with Crippen LogP contribution in [0.4, 0.5) is 0 Å². The van der Waals surface area contributed by atoms with Crippen molar-refractivity contribution in [2.24, 2.45) is 4.99 Å². The highest BCUT2D eigenvalue weighted by Gasteiger charge is 2.06. The zero-order valence-electron chi connectivity index (χ0n) is 15.2. The number of unbranched alkanes of at least 4 members (excludes halogenated alkanes) is 12. The fraction of sp³-hybridized carbons (Fsp3) is 0.950. The molecule has 0 rings (SSSR count). The van der Waals surface area contributed by atoms with Crippen molar-refractivity contribution in [2.75, 3.05) is 0 Å². The lowest BCUT2D eigenvalue weighted by Gasteiger charge is -2.10. The Morgan fingerprint density at radius 3 is 1.36 bits per heavy atom. The molecule has 0 bridgehead atoms. The molecule has 0 N–H and O–H groups in total. The van der Waals surface area contributed by atoms with Crippen molar-refractivity contribution in [1.82, 2.24) is 0 Å². The highest BCUT2D eigenvalue weighted by atomic mass is 16.1. The van der Waals surface area contributed by atoms with Crippen LogP contribution in [-0.4, -0.2) is 12.1 Å². The molecule has 0 unspecified atom stereocenters. The van der Waals surface area contributed by atoms with E-state index in [1.807, 2.05) is 0 Å². The number of carbonyl (C=O) groups excluding carboxylic acids is 1. The van der Waals surface area contributed by atoms with Crippen molar-refractivity contribution in [3.8, 4) is 0 Å². The zero-order chi connectivity index (χ0) is 16.3. The third-order valence-electron chi connectivity index (χ3n) is 4.52. The summed E-state index contributed by atoms with van der Waals surface area (Å²) in [6.07, 6.45) is 22.5. The van der Waals surface area contributed by atoms with E-state index < -0.39 is 0 Å². The maximum Gasteiger partial charge on any atom is 0.235 e. The Morgan fingerprint density at radius 2 is 1.00 bits per heavy atom. The summed E-state index contributed by atoms with van der Waals surface area (Å²) in [4.78, 5) is 14.6. The van der Waals surface area contributed by atoms with Crippen LogP contribution in [0.1, 0.15) is 117 Å². The largest absolute Gasteiger partial charge is 0.235 e. The van der Waals surface area contributed by atoms with Crippen LogP contribution in [0.25, 0.3) is 0 Å². The minimum absolute atomic E-state index is 0.240. The molecule has 0 heterocycles. The van der Waals surface area contributed by atoms with Crippen LogP contribution in [-0.2, 0) is 4.79 Å². The topological polar surface area (TPSA) is 29.4 Å². The quantitative estimate of drug-likeness (QED) is 0.162. The molecule has 22 heavy (non-hydrogen) atoms. The van der Waals surface area contributed by atoms with E-state index in [-0.39, 0.29) is 6.04 Å². The summed E-state index contributed by atoms with van der Waals surface area (Å²) in [5, 5.41) is 0. The van der Waals surface area contributed by atoms with Gasteiger partial charge in [0.15, 0.2) is 0 Å². The third kappa shape index (κ3) is 15.8. The fourth-order valence-electron chi connectivity index (χ4n) is 3.02. The molecule has 0 radical (unpaired) electrons. The maximum atomic E-state index is 10.5. The summed E-state index contributed by atoms with van der Waals surface area (Å²) in [7, 11) is 0. The molecule has 2 nitrogen and oxygen atoms in total. The van der Waals surface area contributed by atoms with Gasteiger partial charge in [0.2, 0.25) is 6.08 Å². The monoisotopic (exact) mass is 309 g/mol. The Bertz CT molecular complexity index is 240. The molecular formula is C20H39NO. The van der Waals surface area contributed by atoms with E-state index in [1.54, 1.807) is 6.08 Å². The first kappa shape index (κ1) is 21.4. The third-order valence-corrected chi connectivity index (χ3v) is 4.52. The van der Waals surface area contributed by atoms with Gasteiger partial charge in [0.05, 0.1) is 6.04 Å². The van der Waals surface area contributed by atoms with E-state index in [2.05, 4.69) is 18.8 Å². The number of nitrogens with zero attached hydrogens (tertiary/aromatic N) is 1. The van der Waals surface area contributed by atoms with Crippen LogP contribution in [0.2, 0.25) is 0 Å². The molecule has 0 saturated heterocycles. The van der Waals surface area contributed by atoms with Crippen molar-refractivity contribution >= 4 is 6.08 Å². The number of hydrogen-bond donors (Lipinski definition) is 0. The van der Waals surface area contributed by atoms with Crippen LogP contribution in [0, 0.1) is 0 Å². The predicted octanol–water partition coefficient (Wildman–Crippen LogP) is 6.97. The molecule has 130 valence electrons. The molecule has 2 heteroatoms. The second-order valence-corrected chi connectivity index (χ2v) is 6.69. The predicted molar refractivity (Wildman–Crippen MR) is 97.1 cm³/mol. The van der Waals surface area contributed by atoms with Gasteiger partial charge in [0.1, 0.15) is 0 Å². The van der Waals surface area contributed by atoms with Crippen molar-refractivity contribution in [3.05, 3.63) is 0 Å². The average molecular weight is 310 g/mol. The van der Waals surface area contributed by atoms with Gasteiger partial charge < -0.3 is 0 Å². The lowest BCUT2D eigenvalue weighted by molar-refractivity contribution is 0.477. The van der Waals surface area contributed by atoms with Gasteiger partial charge in [0.25, 0.3) is 0 Å². The molecule has 0 aliphatic carbocycles. The Hall–Kier alpha value is -0.620. The van der Waals surface area contributed by atoms with E-state index in [0.717, 1.165) is 12.8 Å². The van der Waals surface area contributed by atoms with Gasteiger partial charge in [-0.15, -0.1) is 0 Å². The zero-order valence-corrected chi connectivity index (χ0v) is 15.2. The minimum atomic E-state index is 0.240. The molecule has 0 aliphatic heterocycles. The van der Waals surface area contributed by atoms with E-state index >= 15 is 0 Å². The number of isocyanates is 1. The molecule has 0 aromatic carbocycles. The highest BCUT2D eigenvalue weighted by Crippen LogP contribution is 2.16. The second kappa shape index (κ2) is 18.4. The van der Waals surface area contributed by atoms with Crippen LogP contribution < -0.4 is 0 Å². The first-order valence-electron chi connectivity index (χ1n) is 9.92. The Labute approximate surface area is 139 Å². The van der Waals surface area contributed by atoms with Gasteiger partial charge in [-0.25, -0.2) is 9.79 Å². The average Bonchev–Trinajstić information content (AvgIpc) is 2.53. The fourth-order valence-corrected chi connectivity index (χ4v) is 3.02. The second-order valence-electron chi connectivity index (χ2n) is 6.69. The molecule has 0 aromatic rings. The van der Waals surface area contributed by atoms with E-state index in [0.29, 0.717) is 0 Å². The highest BCUT2D eigenvalue weighted by molar-refractivity contribution is 5.33. The number of rotatable bonds is 17. The number of hydrogen-bond acceptors (Lipinski definition) is 2. The summed E-state index contributed by atoms with van der Waals surface area (Å²) in [6.45, 7) is 4.51. The Morgan fingerprint density at radius 1 is 0.636 bits per heavy atom. The van der Waals surface area contributed by atoms with Crippen LogP contribution in [0.15, 0.2) is 4.99 Å². The lowest BCUT2D eigenvalue weighted by Crippen LogP contribution is -2.04. The van der Waals surface area contributed by atoms with Gasteiger partial charge in [0, 0.05) is 0 Å². The summed E-state index contributed by atoms with van der Waals surface area (Å²) >= 11 is 0. The van der Waals surface area contributed by atoms with Crippen LogP contribution >= 0.6 is 0 Å². The molecule has 0 amide bonds. The molecular weight excluding hydrogens is 270 g/mol. The van der Waals surface area contributed by atoms with Crippen molar-refractivity contribution in [2.45, 2.75) is 123 Å². The summed E-state index contributed by atoms with van der Waals surface area (Å²) in [6, 6.07) is 0.240. The first-order chi connectivity index (χ1) is 10.8. The van der Waals surface area contributed by atoms with E-state index in [9.17, 15) is 4.79 Å². The van der Waals surface area contributed by atoms with Crippen molar-refractivity contribution in [1.29, 1.82) is 0 Å². The van der Waals surface area contributed by atoms with Crippen LogP contribution in [0.5, 0.6) is 0 Å². The maximum absolute atomic E-state index is 10.5. The van der Waals surface area contributed by atoms with Crippen molar-refractivity contribution < 1.29 is 4.79 Å². The molecule has 0 atom stereocenters. The normalized spacial score (nSPS) is 10.9. The standard InChI is InChI=1S/C20H39NO/c1-3-5-7-9-11-13-15-17-20(21-19-22)18-16-14-12-10-8-6-4-2/h20H,3-18H2,1-2H3.